The van der Waals surface area contributed by atoms with Crippen LogP contribution in [0, 0.1) is 0 Å². The summed E-state index contributed by atoms with van der Waals surface area (Å²) in [6.07, 6.45) is 0.719. The van der Waals surface area contributed by atoms with Crippen molar-refractivity contribution in [2.75, 3.05) is 20.7 Å². The SMILES string of the molecule is CCCCOC(C(=O)O)c1c(CN(C)C)cc2ccccc2c1-c1ccc(Cl)cc1. The minimum absolute atomic E-state index is 0.405. The Kier molecular flexibility index (Phi) is 7.48. The number of benzene rings is 3. The van der Waals surface area contributed by atoms with Crippen LogP contribution in [0.2, 0.25) is 5.02 Å². The first-order chi connectivity index (χ1) is 14.4. The average Bonchev–Trinajstić information content (AvgIpc) is 2.71. The van der Waals surface area contributed by atoms with Crippen LogP contribution in [0.4, 0.5) is 0 Å². The van der Waals surface area contributed by atoms with Gasteiger partial charge in [-0.2, -0.15) is 0 Å². The van der Waals surface area contributed by atoms with Gasteiger partial charge in [0.2, 0.25) is 0 Å². The Balaban J connectivity index is 2.33. The first-order valence-electron chi connectivity index (χ1n) is 10.2. The average molecular weight is 426 g/mol. The molecule has 0 radical (unpaired) electrons. The van der Waals surface area contributed by atoms with Crippen LogP contribution in [0.5, 0.6) is 0 Å². The second kappa shape index (κ2) is 10.1. The molecule has 0 aromatic heterocycles. The predicted molar refractivity (Wildman–Crippen MR) is 123 cm³/mol. The van der Waals surface area contributed by atoms with Crippen LogP contribution in [0.1, 0.15) is 37.0 Å². The van der Waals surface area contributed by atoms with Gasteiger partial charge in [-0.1, -0.05) is 61.3 Å². The highest BCUT2D eigenvalue weighted by Gasteiger charge is 2.28. The van der Waals surface area contributed by atoms with Gasteiger partial charge in [-0.15, -0.1) is 0 Å². The Labute approximate surface area is 183 Å². The molecule has 0 amide bonds. The quantitative estimate of drug-likeness (QED) is 0.417. The number of carboxylic acids is 1. The van der Waals surface area contributed by atoms with E-state index in [1.165, 1.54) is 0 Å². The number of nitrogens with zero attached hydrogens (tertiary/aromatic N) is 1. The summed E-state index contributed by atoms with van der Waals surface area (Å²) >= 11 is 6.13. The largest absolute Gasteiger partial charge is 0.479 e. The third kappa shape index (κ3) is 5.01. The Bertz CT molecular complexity index is 1010. The van der Waals surface area contributed by atoms with E-state index >= 15 is 0 Å². The van der Waals surface area contributed by atoms with E-state index in [1.807, 2.05) is 61.5 Å². The monoisotopic (exact) mass is 425 g/mol. The maximum absolute atomic E-state index is 12.3. The normalized spacial score (nSPS) is 12.4. The molecule has 0 heterocycles. The number of carboxylic acid groups (broad SMARTS) is 1. The van der Waals surface area contributed by atoms with Gasteiger partial charge in [0.1, 0.15) is 0 Å². The summed E-state index contributed by atoms with van der Waals surface area (Å²) in [7, 11) is 3.96. The minimum atomic E-state index is -1.04. The van der Waals surface area contributed by atoms with E-state index in [9.17, 15) is 9.90 Å². The summed E-state index contributed by atoms with van der Waals surface area (Å²) in [5.74, 6) is -0.975. The van der Waals surface area contributed by atoms with Crippen molar-refractivity contribution in [3.05, 3.63) is 70.7 Å². The molecule has 0 bridgehead atoms. The number of carbonyl (C=O) groups is 1. The molecule has 1 atom stereocenters. The first kappa shape index (κ1) is 22.3. The number of rotatable bonds is 9. The van der Waals surface area contributed by atoms with E-state index < -0.39 is 12.1 Å². The molecule has 3 aromatic carbocycles. The number of hydrogen-bond acceptors (Lipinski definition) is 3. The topological polar surface area (TPSA) is 49.8 Å². The van der Waals surface area contributed by atoms with Crippen LogP contribution in [-0.4, -0.2) is 36.7 Å². The predicted octanol–water partition coefficient (Wildman–Crippen LogP) is 6.16. The van der Waals surface area contributed by atoms with Crippen molar-refractivity contribution in [1.29, 1.82) is 0 Å². The number of halogens is 1. The van der Waals surface area contributed by atoms with Gasteiger partial charge in [0.15, 0.2) is 6.10 Å². The highest BCUT2D eigenvalue weighted by molar-refractivity contribution is 6.30. The van der Waals surface area contributed by atoms with Gasteiger partial charge in [-0.3, -0.25) is 0 Å². The summed E-state index contributed by atoms with van der Waals surface area (Å²) in [5.41, 5.74) is 3.49. The molecule has 1 N–H and O–H groups in total. The van der Waals surface area contributed by atoms with E-state index in [-0.39, 0.29) is 0 Å². The molecule has 0 aliphatic carbocycles. The summed E-state index contributed by atoms with van der Waals surface area (Å²) in [6, 6.07) is 17.7. The molecule has 0 fully saturated rings. The standard InChI is InChI=1S/C25H28ClNO3/c1-4-5-14-30-24(25(28)29)23-19(16-27(2)3)15-18-8-6-7-9-21(18)22(23)17-10-12-20(26)13-11-17/h6-13,15,24H,4-5,14,16H2,1-3H3,(H,28,29). The molecule has 0 spiro atoms. The van der Waals surface area contributed by atoms with Crippen molar-refractivity contribution >= 4 is 28.3 Å². The first-order valence-corrected chi connectivity index (χ1v) is 10.6. The Hall–Kier alpha value is -2.40. The molecule has 158 valence electrons. The van der Waals surface area contributed by atoms with Crippen LogP contribution in [0.25, 0.3) is 21.9 Å². The zero-order valence-electron chi connectivity index (χ0n) is 17.7. The Morgan fingerprint density at radius 1 is 1.13 bits per heavy atom. The van der Waals surface area contributed by atoms with E-state index in [4.69, 9.17) is 16.3 Å². The highest BCUT2D eigenvalue weighted by Crippen LogP contribution is 2.40. The van der Waals surface area contributed by atoms with Gasteiger partial charge in [0, 0.05) is 23.7 Å². The lowest BCUT2D eigenvalue weighted by Crippen LogP contribution is -2.21. The molecule has 1 unspecified atom stereocenters. The smallest absolute Gasteiger partial charge is 0.337 e. The van der Waals surface area contributed by atoms with Crippen molar-refractivity contribution < 1.29 is 14.6 Å². The number of fused-ring (bicyclic) bond motifs is 1. The maximum Gasteiger partial charge on any atom is 0.337 e. The van der Waals surface area contributed by atoms with Crippen LogP contribution < -0.4 is 0 Å². The van der Waals surface area contributed by atoms with Gasteiger partial charge in [-0.05, 0) is 66.2 Å². The van der Waals surface area contributed by atoms with Crippen LogP contribution in [-0.2, 0) is 16.1 Å². The zero-order valence-corrected chi connectivity index (χ0v) is 18.4. The molecular weight excluding hydrogens is 398 g/mol. The molecule has 0 aliphatic rings. The van der Waals surface area contributed by atoms with E-state index in [1.54, 1.807) is 0 Å². The van der Waals surface area contributed by atoms with E-state index in [0.29, 0.717) is 23.7 Å². The van der Waals surface area contributed by atoms with Crippen molar-refractivity contribution in [2.45, 2.75) is 32.4 Å². The zero-order chi connectivity index (χ0) is 21.7. The van der Waals surface area contributed by atoms with Crippen molar-refractivity contribution in [1.82, 2.24) is 4.90 Å². The second-order valence-corrected chi connectivity index (χ2v) is 8.17. The Morgan fingerprint density at radius 2 is 1.83 bits per heavy atom. The number of hydrogen-bond donors (Lipinski definition) is 1. The molecule has 4 nitrogen and oxygen atoms in total. The molecule has 30 heavy (non-hydrogen) atoms. The van der Waals surface area contributed by atoms with Gasteiger partial charge < -0.3 is 14.7 Å². The summed E-state index contributed by atoms with van der Waals surface area (Å²) < 4.78 is 5.94. The third-order valence-electron chi connectivity index (χ3n) is 5.06. The van der Waals surface area contributed by atoms with Gasteiger partial charge >= 0.3 is 5.97 Å². The number of ether oxygens (including phenoxy) is 1. The molecule has 5 heteroatoms. The van der Waals surface area contributed by atoms with Crippen molar-refractivity contribution in [3.8, 4) is 11.1 Å². The molecule has 0 saturated carbocycles. The van der Waals surface area contributed by atoms with E-state index in [2.05, 4.69) is 19.1 Å². The number of aliphatic carboxylic acids is 1. The maximum atomic E-state index is 12.3. The lowest BCUT2D eigenvalue weighted by atomic mass is 9.86. The number of unbranched alkanes of at least 4 members (excludes halogenated alkanes) is 1. The molecular formula is C25H28ClNO3. The second-order valence-electron chi connectivity index (χ2n) is 7.73. The highest BCUT2D eigenvalue weighted by atomic mass is 35.5. The fourth-order valence-electron chi connectivity index (χ4n) is 3.74. The van der Waals surface area contributed by atoms with Gasteiger partial charge in [0.25, 0.3) is 0 Å². The molecule has 0 aliphatic heterocycles. The summed E-state index contributed by atoms with van der Waals surface area (Å²) in [5, 5.41) is 12.8. The van der Waals surface area contributed by atoms with Crippen LogP contribution in [0.15, 0.2) is 54.6 Å². The lowest BCUT2D eigenvalue weighted by Gasteiger charge is -2.25. The van der Waals surface area contributed by atoms with Gasteiger partial charge in [-0.25, -0.2) is 4.79 Å². The molecule has 0 saturated heterocycles. The third-order valence-corrected chi connectivity index (χ3v) is 5.32. The molecule has 3 aromatic rings. The van der Waals surface area contributed by atoms with Crippen LogP contribution in [0.3, 0.4) is 0 Å². The molecule has 3 rings (SSSR count). The van der Waals surface area contributed by atoms with Gasteiger partial charge in [0.05, 0.1) is 0 Å². The summed E-state index contributed by atoms with van der Waals surface area (Å²) in [6.45, 7) is 3.08. The minimum Gasteiger partial charge on any atom is -0.479 e. The fourth-order valence-corrected chi connectivity index (χ4v) is 3.87. The summed E-state index contributed by atoms with van der Waals surface area (Å²) in [4.78, 5) is 14.4. The fraction of sp³-hybridized carbons (Fsp3) is 0.320. The Morgan fingerprint density at radius 3 is 2.47 bits per heavy atom. The lowest BCUT2D eigenvalue weighted by molar-refractivity contribution is -0.151. The van der Waals surface area contributed by atoms with Crippen molar-refractivity contribution in [3.63, 3.8) is 0 Å². The van der Waals surface area contributed by atoms with Crippen LogP contribution >= 0.6 is 11.6 Å². The van der Waals surface area contributed by atoms with Crippen molar-refractivity contribution in [2.24, 2.45) is 0 Å². The van der Waals surface area contributed by atoms with E-state index in [0.717, 1.165) is 40.3 Å².